The van der Waals surface area contributed by atoms with Gasteiger partial charge in [-0.2, -0.15) is 4.31 Å². The number of nitrogens with one attached hydrogen (secondary N) is 1. The maximum Gasteiger partial charge on any atom is 0.322 e. The van der Waals surface area contributed by atoms with Crippen molar-refractivity contribution in [3.05, 3.63) is 41.4 Å². The first-order valence-corrected chi connectivity index (χ1v) is 14.1. The fourth-order valence-electron chi connectivity index (χ4n) is 4.12. The van der Waals surface area contributed by atoms with Crippen molar-refractivity contribution in [1.82, 2.24) is 14.5 Å². The molecule has 0 saturated carbocycles. The summed E-state index contributed by atoms with van der Waals surface area (Å²) < 4.78 is 50.4. The smallest absolute Gasteiger partial charge is 0.322 e. The fraction of sp³-hybridized carbons (Fsp3) is 0.400. The molecule has 0 bridgehead atoms. The Morgan fingerprint density at radius 3 is 2.29 bits per heavy atom. The van der Waals surface area contributed by atoms with Crippen LogP contribution in [0.15, 0.2) is 45.7 Å². The Kier molecular flexibility index (Phi) is 8.75. The van der Waals surface area contributed by atoms with E-state index in [0.29, 0.717) is 60.5 Å². The zero-order chi connectivity index (χ0) is 27.3. The number of aromatic nitrogens is 2. The number of benzene rings is 2. The molecule has 1 aliphatic heterocycles. The first-order chi connectivity index (χ1) is 18.3. The highest BCUT2D eigenvalue weighted by molar-refractivity contribution is 7.89. The molecule has 1 fully saturated rings. The largest absolute Gasteiger partial charge is 0.490 e. The van der Waals surface area contributed by atoms with E-state index in [9.17, 15) is 13.2 Å². The van der Waals surface area contributed by atoms with Gasteiger partial charge in [-0.15, -0.1) is 5.10 Å². The molecule has 204 valence electrons. The minimum Gasteiger partial charge on any atom is -0.490 e. The maximum atomic E-state index is 13.2. The lowest BCUT2D eigenvalue weighted by Crippen LogP contribution is -2.43. The number of carbonyl (C=O) groups is 1. The van der Waals surface area contributed by atoms with Crippen molar-refractivity contribution in [2.45, 2.75) is 44.6 Å². The second-order valence-electron chi connectivity index (χ2n) is 8.23. The van der Waals surface area contributed by atoms with Crippen LogP contribution in [-0.2, 0) is 14.8 Å². The standard InChI is InChI=1S/C25H29ClN4O7S/c1-4-34-20-14-16(15-21(35-5-2)22(20)36-6-3)24-28-29-25(37-24)27-23(31)19-8-7-13-30(19)38(32,33)18-11-9-17(26)10-12-18/h9-12,14-15,19H,4-8,13H2,1-3H3,(H,27,29,31). The first-order valence-electron chi connectivity index (χ1n) is 12.3. The summed E-state index contributed by atoms with van der Waals surface area (Å²) in [5.41, 5.74) is 0.501. The third kappa shape index (κ3) is 5.87. The van der Waals surface area contributed by atoms with Crippen LogP contribution in [0.2, 0.25) is 5.02 Å². The Labute approximate surface area is 226 Å². The third-order valence-corrected chi connectivity index (χ3v) is 7.91. The lowest BCUT2D eigenvalue weighted by molar-refractivity contribution is -0.119. The monoisotopic (exact) mass is 564 g/mol. The lowest BCUT2D eigenvalue weighted by Gasteiger charge is -2.22. The molecule has 1 aromatic heterocycles. The minimum absolute atomic E-state index is 0.0624. The molecule has 1 amide bonds. The summed E-state index contributed by atoms with van der Waals surface area (Å²) in [4.78, 5) is 13.1. The van der Waals surface area contributed by atoms with Crippen molar-refractivity contribution in [2.75, 3.05) is 31.7 Å². The van der Waals surface area contributed by atoms with Gasteiger partial charge in [0.2, 0.25) is 27.6 Å². The molecule has 38 heavy (non-hydrogen) atoms. The number of anilines is 1. The van der Waals surface area contributed by atoms with E-state index in [1.807, 2.05) is 20.8 Å². The summed E-state index contributed by atoms with van der Waals surface area (Å²) in [7, 11) is -3.90. The Balaban J connectivity index is 1.55. The van der Waals surface area contributed by atoms with Gasteiger partial charge < -0.3 is 18.6 Å². The Morgan fingerprint density at radius 2 is 1.68 bits per heavy atom. The molecule has 2 heterocycles. The second kappa shape index (κ2) is 12.0. The van der Waals surface area contributed by atoms with Gasteiger partial charge in [0.15, 0.2) is 11.5 Å². The zero-order valence-corrected chi connectivity index (χ0v) is 22.8. The van der Waals surface area contributed by atoms with Crippen LogP contribution in [0.3, 0.4) is 0 Å². The van der Waals surface area contributed by atoms with E-state index in [0.717, 1.165) is 0 Å². The SMILES string of the molecule is CCOc1cc(-c2nnc(NC(=O)C3CCCN3S(=O)(=O)c3ccc(Cl)cc3)o2)cc(OCC)c1OCC. The van der Waals surface area contributed by atoms with Gasteiger partial charge in [-0.1, -0.05) is 16.7 Å². The van der Waals surface area contributed by atoms with Crippen molar-refractivity contribution in [3.63, 3.8) is 0 Å². The van der Waals surface area contributed by atoms with Crippen LogP contribution in [-0.4, -0.2) is 61.2 Å². The van der Waals surface area contributed by atoms with Crippen LogP contribution in [0, 0.1) is 0 Å². The van der Waals surface area contributed by atoms with Crippen LogP contribution in [0.25, 0.3) is 11.5 Å². The average Bonchev–Trinajstić information content (AvgIpc) is 3.57. The molecule has 4 rings (SSSR count). The molecule has 1 atom stereocenters. The number of carbonyl (C=O) groups excluding carboxylic acids is 1. The highest BCUT2D eigenvalue weighted by Crippen LogP contribution is 2.42. The number of ether oxygens (including phenoxy) is 3. The van der Waals surface area contributed by atoms with E-state index in [1.54, 1.807) is 12.1 Å². The quantitative estimate of drug-likeness (QED) is 0.360. The summed E-state index contributed by atoms with van der Waals surface area (Å²) in [6.45, 7) is 6.99. The van der Waals surface area contributed by atoms with Crippen molar-refractivity contribution in [2.24, 2.45) is 0 Å². The highest BCUT2D eigenvalue weighted by Gasteiger charge is 2.40. The molecule has 13 heteroatoms. The molecule has 0 aliphatic carbocycles. The number of sulfonamides is 1. The summed E-state index contributed by atoms with van der Waals surface area (Å²) in [5, 5.41) is 10.9. The molecule has 0 radical (unpaired) electrons. The van der Waals surface area contributed by atoms with Crippen molar-refractivity contribution < 1.29 is 31.8 Å². The number of hydrogen-bond acceptors (Lipinski definition) is 9. The Hall–Kier alpha value is -3.35. The summed E-state index contributed by atoms with van der Waals surface area (Å²) >= 11 is 5.89. The molecule has 1 unspecified atom stereocenters. The van der Waals surface area contributed by atoms with E-state index < -0.39 is 22.0 Å². The lowest BCUT2D eigenvalue weighted by atomic mass is 10.2. The third-order valence-electron chi connectivity index (χ3n) is 5.74. The summed E-state index contributed by atoms with van der Waals surface area (Å²) in [6.07, 6.45) is 0.889. The number of halogens is 1. The molecule has 3 aromatic rings. The molecule has 1 aliphatic rings. The predicted octanol–water partition coefficient (Wildman–Crippen LogP) is 4.38. The summed E-state index contributed by atoms with van der Waals surface area (Å²) in [6, 6.07) is 8.11. The van der Waals surface area contributed by atoms with Crippen molar-refractivity contribution in [3.8, 4) is 28.7 Å². The average molecular weight is 565 g/mol. The van der Waals surface area contributed by atoms with E-state index in [1.165, 1.54) is 28.6 Å². The summed E-state index contributed by atoms with van der Waals surface area (Å²) in [5.74, 6) is 0.923. The number of amides is 1. The van der Waals surface area contributed by atoms with Crippen LogP contribution < -0.4 is 19.5 Å². The van der Waals surface area contributed by atoms with Gasteiger partial charge in [0.05, 0.1) is 24.7 Å². The topological polar surface area (TPSA) is 133 Å². The van der Waals surface area contributed by atoms with Gasteiger partial charge in [0.25, 0.3) is 0 Å². The number of rotatable bonds is 11. The normalized spacial score (nSPS) is 15.8. The van der Waals surface area contributed by atoms with E-state index in [-0.39, 0.29) is 23.3 Å². The van der Waals surface area contributed by atoms with Crippen LogP contribution >= 0.6 is 11.6 Å². The highest BCUT2D eigenvalue weighted by atomic mass is 35.5. The van der Waals surface area contributed by atoms with Gasteiger partial charge in [-0.25, -0.2) is 8.42 Å². The maximum absolute atomic E-state index is 13.2. The van der Waals surface area contributed by atoms with E-state index in [4.69, 9.17) is 30.2 Å². The van der Waals surface area contributed by atoms with Crippen molar-refractivity contribution >= 4 is 33.5 Å². The zero-order valence-electron chi connectivity index (χ0n) is 21.3. The molecule has 0 spiro atoms. The predicted molar refractivity (Wildman–Crippen MR) is 140 cm³/mol. The molecular weight excluding hydrogens is 536 g/mol. The molecule has 2 aromatic carbocycles. The Morgan fingerprint density at radius 1 is 1.05 bits per heavy atom. The van der Waals surface area contributed by atoms with Gasteiger partial charge in [-0.05, 0) is 70.0 Å². The van der Waals surface area contributed by atoms with Crippen LogP contribution in [0.4, 0.5) is 6.01 Å². The van der Waals surface area contributed by atoms with E-state index >= 15 is 0 Å². The fourth-order valence-corrected chi connectivity index (χ4v) is 5.91. The number of nitrogens with zero attached hydrogens (tertiary/aromatic N) is 3. The Bertz CT molecular complexity index is 1350. The minimum atomic E-state index is -3.90. The van der Waals surface area contributed by atoms with Gasteiger partial charge in [0, 0.05) is 17.1 Å². The van der Waals surface area contributed by atoms with Gasteiger partial charge >= 0.3 is 6.01 Å². The molecule has 11 nitrogen and oxygen atoms in total. The second-order valence-corrected chi connectivity index (χ2v) is 10.6. The van der Waals surface area contributed by atoms with Crippen LogP contribution in [0.1, 0.15) is 33.6 Å². The van der Waals surface area contributed by atoms with Crippen molar-refractivity contribution in [1.29, 1.82) is 0 Å². The van der Waals surface area contributed by atoms with Crippen LogP contribution in [0.5, 0.6) is 17.2 Å². The van der Waals surface area contributed by atoms with Gasteiger partial charge in [-0.3, -0.25) is 10.1 Å². The van der Waals surface area contributed by atoms with Gasteiger partial charge in [0.1, 0.15) is 6.04 Å². The number of hydrogen-bond donors (Lipinski definition) is 1. The molecule has 1 saturated heterocycles. The molecular formula is C25H29ClN4O7S. The first kappa shape index (κ1) is 27.7. The molecule has 1 N–H and O–H groups in total. The van der Waals surface area contributed by atoms with E-state index in [2.05, 4.69) is 15.5 Å².